The van der Waals surface area contributed by atoms with Crippen molar-refractivity contribution in [3.63, 3.8) is 0 Å². The van der Waals surface area contributed by atoms with Crippen molar-refractivity contribution < 1.29 is 34.0 Å². The average molecular weight is 368 g/mol. The lowest BCUT2D eigenvalue weighted by molar-refractivity contribution is -0.192. The number of hydrogen-bond donors (Lipinski definition) is 2. The van der Waals surface area contributed by atoms with Crippen LogP contribution in [0.2, 0.25) is 0 Å². The lowest BCUT2D eigenvalue weighted by Crippen LogP contribution is -2.35. The Morgan fingerprint density at radius 2 is 1.96 bits per heavy atom. The zero-order valence-electron chi connectivity index (χ0n) is 12.6. The number of carbonyl (C=O) groups is 4. The average Bonchev–Trinajstić information content (AvgIpc) is 3.15. The number of carboxylic acids is 1. The van der Waals surface area contributed by atoms with Gasteiger partial charge in [0, 0.05) is 31.1 Å². The third-order valence-corrected chi connectivity index (χ3v) is 4.22. The van der Waals surface area contributed by atoms with Gasteiger partial charge in [-0.15, -0.1) is 16.4 Å². The fourth-order valence-corrected chi connectivity index (χ4v) is 2.51. The molecule has 132 valence electrons. The number of rotatable bonds is 6. The van der Waals surface area contributed by atoms with Crippen molar-refractivity contribution in [3.05, 3.63) is 11.1 Å². The van der Waals surface area contributed by atoms with E-state index >= 15 is 0 Å². The Bertz CT molecular complexity index is 782. The minimum Gasteiger partial charge on any atom is -0.478 e. The molecular formula is C13H12N4O7S. The third kappa shape index (κ3) is 3.28. The van der Waals surface area contributed by atoms with Crippen molar-refractivity contribution in [2.24, 2.45) is 5.16 Å². The molecule has 2 amide bonds. The van der Waals surface area contributed by atoms with E-state index in [4.69, 9.17) is 20.5 Å². The Balaban J connectivity index is 1.83. The van der Waals surface area contributed by atoms with E-state index in [9.17, 15) is 19.2 Å². The molecular weight excluding hydrogens is 356 g/mol. The van der Waals surface area contributed by atoms with E-state index in [1.54, 1.807) is 0 Å². The number of nitrogen functional groups attached to an aromatic ring is 1. The van der Waals surface area contributed by atoms with Crippen LogP contribution in [0.4, 0.5) is 5.13 Å². The van der Waals surface area contributed by atoms with E-state index in [1.165, 1.54) is 5.38 Å². The number of anilines is 1. The maximum Gasteiger partial charge on any atom is 0.387 e. The van der Waals surface area contributed by atoms with Gasteiger partial charge in [0.25, 0.3) is 11.8 Å². The van der Waals surface area contributed by atoms with E-state index in [0.717, 1.165) is 11.3 Å². The molecule has 12 heteroatoms. The Morgan fingerprint density at radius 1 is 1.32 bits per heavy atom. The second-order valence-corrected chi connectivity index (χ2v) is 6.25. The predicted molar refractivity (Wildman–Crippen MR) is 80.9 cm³/mol. The van der Waals surface area contributed by atoms with Gasteiger partial charge in [-0.1, -0.05) is 5.16 Å². The summed E-state index contributed by atoms with van der Waals surface area (Å²) >= 11 is 1.01. The van der Waals surface area contributed by atoms with Gasteiger partial charge in [-0.3, -0.25) is 9.59 Å². The number of aliphatic carboxylic acids is 1. The maximum absolute atomic E-state index is 12.3. The number of nitrogens with two attached hydrogens (primary N) is 1. The molecule has 1 saturated carbocycles. The molecule has 2 fully saturated rings. The summed E-state index contributed by atoms with van der Waals surface area (Å²) in [6, 6.07) is 0. The SMILES string of the molecule is Nc1nc(/C(=N/OC2(C(=O)O)CC2)C(=O)ON2C(=O)CCC2=O)cs1. The largest absolute Gasteiger partial charge is 0.478 e. The second-order valence-electron chi connectivity index (χ2n) is 5.36. The van der Waals surface area contributed by atoms with Crippen LogP contribution in [0.25, 0.3) is 0 Å². The number of oxime groups is 1. The summed E-state index contributed by atoms with van der Waals surface area (Å²) < 4.78 is 0. The predicted octanol–water partition coefficient (Wildman–Crippen LogP) is -0.330. The first-order valence-electron chi connectivity index (χ1n) is 7.11. The normalized spacial score (nSPS) is 19.0. The number of aromatic nitrogens is 1. The lowest BCUT2D eigenvalue weighted by atomic mass is 10.3. The Labute approximate surface area is 143 Å². The van der Waals surface area contributed by atoms with Crippen LogP contribution in [0, 0.1) is 0 Å². The molecule has 1 aliphatic carbocycles. The molecule has 2 heterocycles. The van der Waals surface area contributed by atoms with Crippen LogP contribution in [0.1, 0.15) is 31.4 Å². The zero-order chi connectivity index (χ0) is 18.2. The summed E-state index contributed by atoms with van der Waals surface area (Å²) in [4.78, 5) is 60.1. The van der Waals surface area contributed by atoms with Gasteiger partial charge < -0.3 is 20.5 Å². The quantitative estimate of drug-likeness (QED) is 0.389. The van der Waals surface area contributed by atoms with Crippen LogP contribution >= 0.6 is 11.3 Å². The first kappa shape index (κ1) is 16.8. The molecule has 0 radical (unpaired) electrons. The highest BCUT2D eigenvalue weighted by atomic mass is 32.1. The highest BCUT2D eigenvalue weighted by Gasteiger charge is 2.54. The van der Waals surface area contributed by atoms with E-state index in [1.807, 2.05) is 0 Å². The van der Waals surface area contributed by atoms with Crippen LogP contribution in [-0.4, -0.2) is 50.2 Å². The molecule has 0 bridgehead atoms. The van der Waals surface area contributed by atoms with E-state index in [-0.39, 0.29) is 36.5 Å². The molecule has 1 aliphatic heterocycles. The number of imide groups is 1. The van der Waals surface area contributed by atoms with Crippen LogP contribution in [0.5, 0.6) is 0 Å². The molecule has 0 atom stereocenters. The van der Waals surface area contributed by atoms with Crippen molar-refractivity contribution in [1.29, 1.82) is 0 Å². The molecule has 3 rings (SSSR count). The highest BCUT2D eigenvalue weighted by Crippen LogP contribution is 2.40. The summed E-state index contributed by atoms with van der Waals surface area (Å²) in [7, 11) is 0. The Morgan fingerprint density at radius 3 is 2.44 bits per heavy atom. The Hall–Kier alpha value is -3.02. The molecule has 1 aromatic rings. The fourth-order valence-electron chi connectivity index (χ4n) is 1.96. The molecule has 0 aromatic carbocycles. The van der Waals surface area contributed by atoms with Gasteiger partial charge in [0.15, 0.2) is 5.13 Å². The number of carbonyl (C=O) groups excluding carboxylic acids is 3. The van der Waals surface area contributed by atoms with Crippen LogP contribution in [0.3, 0.4) is 0 Å². The van der Waals surface area contributed by atoms with Gasteiger partial charge in [0.1, 0.15) is 5.69 Å². The number of nitrogens with zero attached hydrogens (tertiary/aromatic N) is 3. The van der Waals surface area contributed by atoms with Crippen molar-refractivity contribution in [1.82, 2.24) is 10.0 Å². The topological polar surface area (TPSA) is 161 Å². The highest BCUT2D eigenvalue weighted by molar-refractivity contribution is 7.13. The standard InChI is InChI=1S/C13H12N4O7S/c14-12-15-6(5-25-12)9(16-24-13(3-4-13)11(21)22)10(20)23-17-7(18)1-2-8(17)19/h5H,1-4H2,(H2,14,15)(H,21,22)/b16-9-. The Kier molecular flexibility index (Phi) is 4.12. The van der Waals surface area contributed by atoms with Crippen LogP contribution in [0.15, 0.2) is 10.5 Å². The summed E-state index contributed by atoms with van der Waals surface area (Å²) in [5.41, 5.74) is 3.51. The first-order chi connectivity index (χ1) is 11.8. The van der Waals surface area contributed by atoms with Gasteiger partial charge in [-0.2, -0.15) is 0 Å². The molecule has 3 N–H and O–H groups in total. The number of carboxylic acid groups (broad SMARTS) is 1. The maximum atomic E-state index is 12.3. The molecule has 0 unspecified atom stereocenters. The van der Waals surface area contributed by atoms with Crippen LogP contribution < -0.4 is 5.73 Å². The summed E-state index contributed by atoms with van der Waals surface area (Å²) in [6.45, 7) is 0. The second kappa shape index (κ2) is 6.12. The van der Waals surface area contributed by atoms with Crippen molar-refractivity contribution in [2.45, 2.75) is 31.3 Å². The minimum atomic E-state index is -1.49. The smallest absolute Gasteiger partial charge is 0.387 e. The van der Waals surface area contributed by atoms with Gasteiger partial charge >= 0.3 is 11.9 Å². The fraction of sp³-hybridized carbons (Fsp3) is 0.385. The van der Waals surface area contributed by atoms with E-state index in [2.05, 4.69) is 10.1 Å². The summed E-state index contributed by atoms with van der Waals surface area (Å²) in [5.74, 6) is -3.73. The monoisotopic (exact) mass is 368 g/mol. The molecule has 1 aromatic heterocycles. The third-order valence-electron chi connectivity index (χ3n) is 3.54. The number of thiazole rings is 1. The van der Waals surface area contributed by atoms with E-state index < -0.39 is 35.1 Å². The molecule has 2 aliphatic rings. The minimum absolute atomic E-state index is 0.0206. The lowest BCUT2D eigenvalue weighted by Gasteiger charge is -2.13. The van der Waals surface area contributed by atoms with Gasteiger partial charge in [0.05, 0.1) is 0 Å². The van der Waals surface area contributed by atoms with Crippen molar-refractivity contribution in [2.75, 3.05) is 5.73 Å². The number of amides is 2. The van der Waals surface area contributed by atoms with Crippen molar-refractivity contribution in [3.8, 4) is 0 Å². The number of hydroxylamine groups is 2. The van der Waals surface area contributed by atoms with Gasteiger partial charge in [0.2, 0.25) is 11.3 Å². The molecule has 11 nitrogen and oxygen atoms in total. The van der Waals surface area contributed by atoms with Crippen molar-refractivity contribution >= 4 is 45.9 Å². The molecule has 0 spiro atoms. The van der Waals surface area contributed by atoms with Gasteiger partial charge in [-0.25, -0.2) is 14.6 Å². The summed E-state index contributed by atoms with van der Waals surface area (Å²) in [6.07, 6.45) is 0.328. The molecule has 25 heavy (non-hydrogen) atoms. The van der Waals surface area contributed by atoms with E-state index in [0.29, 0.717) is 5.06 Å². The van der Waals surface area contributed by atoms with Gasteiger partial charge in [-0.05, 0) is 0 Å². The number of hydrogen-bond acceptors (Lipinski definition) is 10. The zero-order valence-corrected chi connectivity index (χ0v) is 13.4. The first-order valence-corrected chi connectivity index (χ1v) is 7.99. The summed E-state index contributed by atoms with van der Waals surface area (Å²) in [5, 5.41) is 14.5. The molecule has 1 saturated heterocycles. The van der Waals surface area contributed by atoms with Crippen LogP contribution in [-0.2, 0) is 28.9 Å².